The van der Waals surface area contributed by atoms with Crippen molar-refractivity contribution in [1.29, 1.82) is 0 Å². The zero-order valence-corrected chi connectivity index (χ0v) is 9.07. The van der Waals surface area contributed by atoms with E-state index in [4.69, 9.17) is 12.2 Å². The van der Waals surface area contributed by atoms with E-state index < -0.39 is 0 Å². The SMILES string of the molecule is CCN(CC)C(=O)[C@H](C)C(C)=S. The molecule has 0 aliphatic carbocycles. The van der Waals surface area contributed by atoms with Crippen LogP contribution in [0.4, 0.5) is 0 Å². The normalized spacial score (nSPS) is 12.3. The van der Waals surface area contributed by atoms with Crippen molar-refractivity contribution in [3.63, 3.8) is 0 Å². The van der Waals surface area contributed by atoms with Gasteiger partial charge in [0.25, 0.3) is 0 Å². The maximum absolute atomic E-state index is 11.6. The molecule has 0 aliphatic heterocycles. The van der Waals surface area contributed by atoms with Crippen molar-refractivity contribution in [2.45, 2.75) is 27.7 Å². The van der Waals surface area contributed by atoms with Crippen LogP contribution in [0.2, 0.25) is 0 Å². The van der Waals surface area contributed by atoms with Crippen LogP contribution < -0.4 is 0 Å². The summed E-state index contributed by atoms with van der Waals surface area (Å²) in [6, 6.07) is 0. The van der Waals surface area contributed by atoms with E-state index in [0.717, 1.165) is 18.0 Å². The number of amides is 1. The fraction of sp³-hybridized carbons (Fsp3) is 0.778. The molecule has 0 bridgehead atoms. The highest BCUT2D eigenvalue weighted by atomic mass is 32.1. The van der Waals surface area contributed by atoms with Crippen LogP contribution in [-0.2, 0) is 4.79 Å². The summed E-state index contributed by atoms with van der Waals surface area (Å²) in [6.45, 7) is 9.18. The summed E-state index contributed by atoms with van der Waals surface area (Å²) in [5.41, 5.74) is 0. The minimum atomic E-state index is -0.111. The lowest BCUT2D eigenvalue weighted by Crippen LogP contribution is -2.36. The Balaban J connectivity index is 4.25. The van der Waals surface area contributed by atoms with Crippen LogP contribution in [0.5, 0.6) is 0 Å². The fourth-order valence-corrected chi connectivity index (χ4v) is 1.08. The fourth-order valence-electron chi connectivity index (χ4n) is 0.983. The summed E-state index contributed by atoms with van der Waals surface area (Å²) >= 11 is 4.96. The third kappa shape index (κ3) is 2.89. The second-order valence-corrected chi connectivity index (χ2v) is 3.49. The molecular weight excluding hydrogens is 170 g/mol. The molecule has 0 aromatic carbocycles. The predicted molar refractivity (Wildman–Crippen MR) is 55.4 cm³/mol. The third-order valence-electron chi connectivity index (χ3n) is 2.06. The van der Waals surface area contributed by atoms with Gasteiger partial charge in [0.15, 0.2) is 0 Å². The van der Waals surface area contributed by atoms with Crippen molar-refractivity contribution in [1.82, 2.24) is 4.90 Å². The van der Waals surface area contributed by atoms with Crippen molar-refractivity contribution in [3.8, 4) is 0 Å². The van der Waals surface area contributed by atoms with Gasteiger partial charge in [0.2, 0.25) is 5.91 Å². The maximum Gasteiger partial charge on any atom is 0.230 e. The number of nitrogens with zero attached hydrogens (tertiary/aromatic N) is 1. The van der Waals surface area contributed by atoms with E-state index >= 15 is 0 Å². The molecule has 0 saturated carbocycles. The molecule has 0 aromatic rings. The van der Waals surface area contributed by atoms with E-state index in [9.17, 15) is 4.79 Å². The van der Waals surface area contributed by atoms with Crippen LogP contribution in [0.3, 0.4) is 0 Å². The Hall–Kier alpha value is -0.440. The molecule has 0 radical (unpaired) electrons. The number of carbonyl (C=O) groups excluding carboxylic acids is 1. The second kappa shape index (κ2) is 5.25. The molecule has 0 unspecified atom stereocenters. The van der Waals surface area contributed by atoms with Gasteiger partial charge in [-0.15, -0.1) is 0 Å². The zero-order valence-electron chi connectivity index (χ0n) is 8.26. The van der Waals surface area contributed by atoms with E-state index in [0.29, 0.717) is 0 Å². The molecule has 0 fully saturated rings. The van der Waals surface area contributed by atoms with Crippen LogP contribution in [0.25, 0.3) is 0 Å². The zero-order chi connectivity index (χ0) is 9.72. The standard InChI is InChI=1S/C9H17NOS/c1-5-10(6-2)9(11)7(3)8(4)12/h7H,5-6H2,1-4H3/t7-/m1/s1. The van der Waals surface area contributed by atoms with Gasteiger partial charge in [-0.1, -0.05) is 12.2 Å². The number of carbonyl (C=O) groups is 1. The predicted octanol–water partition coefficient (Wildman–Crippen LogP) is 1.88. The van der Waals surface area contributed by atoms with E-state index in [1.807, 2.05) is 27.7 Å². The molecule has 70 valence electrons. The molecule has 0 saturated heterocycles. The average molecular weight is 187 g/mol. The van der Waals surface area contributed by atoms with Gasteiger partial charge >= 0.3 is 0 Å². The van der Waals surface area contributed by atoms with Gasteiger partial charge in [0.05, 0.1) is 5.92 Å². The van der Waals surface area contributed by atoms with Gasteiger partial charge in [0.1, 0.15) is 0 Å². The minimum absolute atomic E-state index is 0.111. The van der Waals surface area contributed by atoms with Crippen LogP contribution >= 0.6 is 12.2 Å². The molecule has 12 heavy (non-hydrogen) atoms. The lowest BCUT2D eigenvalue weighted by Gasteiger charge is -2.22. The highest BCUT2D eigenvalue weighted by molar-refractivity contribution is 7.80. The van der Waals surface area contributed by atoms with Crippen LogP contribution in [-0.4, -0.2) is 28.8 Å². The molecule has 0 spiro atoms. The van der Waals surface area contributed by atoms with Gasteiger partial charge in [-0.2, -0.15) is 0 Å². The maximum atomic E-state index is 11.6. The molecule has 0 N–H and O–H groups in total. The molecule has 0 aromatic heterocycles. The Morgan fingerprint density at radius 1 is 1.42 bits per heavy atom. The molecule has 1 amide bonds. The van der Waals surface area contributed by atoms with Gasteiger partial charge in [0, 0.05) is 18.0 Å². The highest BCUT2D eigenvalue weighted by Gasteiger charge is 2.18. The van der Waals surface area contributed by atoms with Crippen molar-refractivity contribution >= 4 is 23.0 Å². The van der Waals surface area contributed by atoms with Crippen LogP contribution in [0.1, 0.15) is 27.7 Å². The molecule has 2 nitrogen and oxygen atoms in total. The van der Waals surface area contributed by atoms with E-state index in [1.165, 1.54) is 0 Å². The van der Waals surface area contributed by atoms with E-state index in [2.05, 4.69) is 0 Å². The van der Waals surface area contributed by atoms with E-state index in [-0.39, 0.29) is 11.8 Å². The van der Waals surface area contributed by atoms with Gasteiger partial charge in [-0.05, 0) is 27.7 Å². The van der Waals surface area contributed by atoms with Crippen molar-refractivity contribution in [2.24, 2.45) is 5.92 Å². The molecule has 0 aliphatic rings. The lowest BCUT2D eigenvalue weighted by molar-refractivity contribution is -0.132. The molecule has 0 heterocycles. The summed E-state index contributed by atoms with van der Waals surface area (Å²) in [7, 11) is 0. The van der Waals surface area contributed by atoms with Gasteiger partial charge in [-0.3, -0.25) is 4.79 Å². The first-order valence-corrected chi connectivity index (χ1v) is 4.74. The molecule has 0 rings (SSSR count). The first kappa shape index (κ1) is 11.6. The lowest BCUT2D eigenvalue weighted by atomic mass is 10.1. The topological polar surface area (TPSA) is 20.3 Å². The van der Waals surface area contributed by atoms with Crippen molar-refractivity contribution < 1.29 is 4.79 Å². The van der Waals surface area contributed by atoms with Crippen molar-refractivity contribution in [3.05, 3.63) is 0 Å². The Morgan fingerprint density at radius 2 is 1.83 bits per heavy atom. The van der Waals surface area contributed by atoms with E-state index in [1.54, 1.807) is 4.90 Å². The molecule has 3 heteroatoms. The summed E-state index contributed by atoms with van der Waals surface area (Å²) in [6.07, 6.45) is 0. The quantitative estimate of drug-likeness (QED) is 0.626. The smallest absolute Gasteiger partial charge is 0.230 e. The number of hydrogen-bond donors (Lipinski definition) is 0. The Labute approximate surface area is 79.9 Å². The summed E-state index contributed by atoms with van der Waals surface area (Å²) < 4.78 is 0. The number of rotatable bonds is 4. The summed E-state index contributed by atoms with van der Waals surface area (Å²) in [5.74, 6) is 0.0346. The van der Waals surface area contributed by atoms with Crippen molar-refractivity contribution in [2.75, 3.05) is 13.1 Å². The van der Waals surface area contributed by atoms with Gasteiger partial charge in [-0.25, -0.2) is 0 Å². The first-order valence-electron chi connectivity index (χ1n) is 4.33. The monoisotopic (exact) mass is 187 g/mol. The average Bonchev–Trinajstić information content (AvgIpc) is 2.05. The van der Waals surface area contributed by atoms with Gasteiger partial charge < -0.3 is 4.90 Å². The number of thiocarbonyl (C=S) groups is 1. The largest absolute Gasteiger partial charge is 0.343 e. The second-order valence-electron chi connectivity index (χ2n) is 2.84. The Bertz CT molecular complexity index is 175. The molecule has 1 atom stereocenters. The first-order chi connectivity index (χ1) is 5.54. The molecular formula is C9H17NOS. The summed E-state index contributed by atoms with van der Waals surface area (Å²) in [5, 5.41) is 0. The minimum Gasteiger partial charge on any atom is -0.343 e. The Morgan fingerprint density at radius 3 is 2.08 bits per heavy atom. The van der Waals surface area contributed by atoms with Crippen LogP contribution in [0.15, 0.2) is 0 Å². The highest BCUT2D eigenvalue weighted by Crippen LogP contribution is 2.04. The number of hydrogen-bond acceptors (Lipinski definition) is 2. The summed E-state index contributed by atoms with van der Waals surface area (Å²) in [4.78, 5) is 14.2. The van der Waals surface area contributed by atoms with Crippen LogP contribution in [0, 0.1) is 5.92 Å². The Kier molecular flexibility index (Phi) is 5.06. The third-order valence-corrected chi connectivity index (χ3v) is 2.41.